The van der Waals surface area contributed by atoms with Gasteiger partial charge in [0, 0.05) is 17.6 Å². The minimum atomic E-state index is -0.777. The van der Waals surface area contributed by atoms with Gasteiger partial charge in [-0.3, -0.25) is 4.79 Å². The fraction of sp³-hybridized carbons (Fsp3) is 0.500. The van der Waals surface area contributed by atoms with Gasteiger partial charge in [0.2, 0.25) is 0 Å². The Kier molecular flexibility index (Phi) is 6.27. The van der Waals surface area contributed by atoms with Crippen molar-refractivity contribution in [3.05, 3.63) is 28.7 Å². The van der Waals surface area contributed by atoms with Crippen molar-refractivity contribution in [2.45, 2.75) is 25.9 Å². The first-order valence-electron chi connectivity index (χ1n) is 7.63. The van der Waals surface area contributed by atoms with E-state index in [4.69, 9.17) is 9.84 Å². The molecule has 1 fully saturated rings. The van der Waals surface area contributed by atoms with Crippen LogP contribution in [0.4, 0.5) is 4.79 Å². The highest BCUT2D eigenvalue weighted by molar-refractivity contribution is 9.10. The van der Waals surface area contributed by atoms with Crippen LogP contribution in [0.25, 0.3) is 0 Å². The minimum absolute atomic E-state index is 0.162. The zero-order valence-corrected chi connectivity index (χ0v) is 14.6. The van der Waals surface area contributed by atoms with Gasteiger partial charge in [-0.2, -0.15) is 0 Å². The number of hydrogen-bond donors (Lipinski definition) is 2. The summed E-state index contributed by atoms with van der Waals surface area (Å²) in [5, 5.41) is 11.8. The molecule has 0 radical (unpaired) electrons. The lowest BCUT2D eigenvalue weighted by Gasteiger charge is -2.30. The molecule has 1 heterocycles. The molecule has 126 valence electrons. The van der Waals surface area contributed by atoms with Crippen LogP contribution in [0.1, 0.15) is 19.8 Å². The molecule has 1 aromatic rings. The maximum atomic E-state index is 12.1. The summed E-state index contributed by atoms with van der Waals surface area (Å²) >= 11 is 3.38. The Morgan fingerprint density at radius 2 is 2.13 bits per heavy atom. The van der Waals surface area contributed by atoms with E-state index in [0.717, 1.165) is 10.2 Å². The molecule has 0 aliphatic carbocycles. The fourth-order valence-corrected chi connectivity index (χ4v) is 2.86. The number of aliphatic carboxylic acids is 1. The lowest BCUT2D eigenvalue weighted by molar-refractivity contribution is -0.143. The molecule has 1 aliphatic rings. The Morgan fingerprint density at radius 1 is 1.43 bits per heavy atom. The van der Waals surface area contributed by atoms with E-state index in [-0.39, 0.29) is 18.1 Å². The van der Waals surface area contributed by atoms with E-state index in [1.54, 1.807) is 4.90 Å². The number of carbonyl (C=O) groups excluding carboxylic acids is 1. The maximum absolute atomic E-state index is 12.1. The predicted molar refractivity (Wildman–Crippen MR) is 89.6 cm³/mol. The van der Waals surface area contributed by atoms with E-state index in [2.05, 4.69) is 21.2 Å². The van der Waals surface area contributed by atoms with Crippen LogP contribution in [0, 0.1) is 5.92 Å². The number of nitrogens with zero attached hydrogens (tertiary/aromatic N) is 1. The van der Waals surface area contributed by atoms with Crippen LogP contribution in [0.2, 0.25) is 0 Å². The second kappa shape index (κ2) is 8.19. The van der Waals surface area contributed by atoms with Gasteiger partial charge in [0.1, 0.15) is 11.9 Å². The molecule has 1 saturated heterocycles. The fourth-order valence-electron chi connectivity index (χ4n) is 2.49. The van der Waals surface area contributed by atoms with Gasteiger partial charge in [-0.15, -0.1) is 0 Å². The predicted octanol–water partition coefficient (Wildman–Crippen LogP) is 2.72. The van der Waals surface area contributed by atoms with Gasteiger partial charge in [0.15, 0.2) is 0 Å². The van der Waals surface area contributed by atoms with Crippen molar-refractivity contribution in [2.75, 3.05) is 19.6 Å². The number of carboxylic acids is 1. The van der Waals surface area contributed by atoms with Crippen LogP contribution in [-0.2, 0) is 4.79 Å². The molecule has 2 amide bonds. The second-order valence-corrected chi connectivity index (χ2v) is 6.59. The Hall–Kier alpha value is -1.76. The zero-order valence-electron chi connectivity index (χ0n) is 13.0. The van der Waals surface area contributed by atoms with Crippen molar-refractivity contribution in [3.8, 4) is 5.75 Å². The van der Waals surface area contributed by atoms with Crippen molar-refractivity contribution >= 4 is 27.9 Å². The molecule has 23 heavy (non-hydrogen) atoms. The largest absolute Gasteiger partial charge is 0.489 e. The quantitative estimate of drug-likeness (QED) is 0.817. The lowest BCUT2D eigenvalue weighted by Crippen LogP contribution is -2.47. The van der Waals surface area contributed by atoms with Gasteiger partial charge in [0.25, 0.3) is 0 Å². The molecule has 2 rings (SSSR count). The number of likely N-dealkylation sites (tertiary alicyclic amines) is 1. The number of benzene rings is 1. The third-order valence-corrected chi connectivity index (χ3v) is 4.30. The molecule has 0 bridgehead atoms. The molecule has 6 nitrogen and oxygen atoms in total. The number of ether oxygens (including phenoxy) is 1. The summed E-state index contributed by atoms with van der Waals surface area (Å²) in [4.78, 5) is 24.7. The van der Waals surface area contributed by atoms with Crippen molar-refractivity contribution in [2.24, 2.45) is 5.92 Å². The van der Waals surface area contributed by atoms with Gasteiger partial charge < -0.3 is 20.1 Å². The molecule has 2 N–H and O–H groups in total. The van der Waals surface area contributed by atoms with E-state index in [1.165, 1.54) is 0 Å². The first kappa shape index (κ1) is 17.6. The van der Waals surface area contributed by atoms with E-state index in [9.17, 15) is 9.59 Å². The summed E-state index contributed by atoms with van der Waals surface area (Å²) in [6, 6.07) is 7.37. The van der Waals surface area contributed by atoms with Crippen molar-refractivity contribution in [1.29, 1.82) is 0 Å². The standard InChI is InChI=1S/C16H21BrN2O4/c1-11(23-14-4-2-3-13(17)9-14)10-18-16(22)19-7-5-12(6-8-19)15(20)21/h2-4,9,11-12H,5-8,10H2,1H3,(H,18,22)(H,20,21). The number of piperidine rings is 1. The summed E-state index contributed by atoms with van der Waals surface area (Å²) in [6.07, 6.45) is 0.851. The van der Waals surface area contributed by atoms with Crippen LogP contribution < -0.4 is 10.1 Å². The summed E-state index contributed by atoms with van der Waals surface area (Å²) in [5.41, 5.74) is 0. The number of halogens is 1. The lowest BCUT2D eigenvalue weighted by atomic mass is 9.97. The van der Waals surface area contributed by atoms with E-state index >= 15 is 0 Å². The number of rotatable bonds is 5. The third kappa shape index (κ3) is 5.42. The van der Waals surface area contributed by atoms with Gasteiger partial charge >= 0.3 is 12.0 Å². The highest BCUT2D eigenvalue weighted by Gasteiger charge is 2.26. The van der Waals surface area contributed by atoms with Gasteiger partial charge in [-0.25, -0.2) is 4.79 Å². The summed E-state index contributed by atoms with van der Waals surface area (Å²) in [5.74, 6) is -0.373. The number of nitrogens with one attached hydrogen (secondary N) is 1. The van der Waals surface area contributed by atoms with E-state index in [0.29, 0.717) is 32.5 Å². The van der Waals surface area contributed by atoms with Gasteiger partial charge in [-0.05, 0) is 38.0 Å². The van der Waals surface area contributed by atoms with Crippen molar-refractivity contribution in [3.63, 3.8) is 0 Å². The summed E-state index contributed by atoms with van der Waals surface area (Å²) in [6.45, 7) is 3.23. The Bertz CT molecular complexity index is 559. The summed E-state index contributed by atoms with van der Waals surface area (Å²) in [7, 11) is 0. The zero-order chi connectivity index (χ0) is 16.8. The molecular weight excluding hydrogens is 364 g/mol. The minimum Gasteiger partial charge on any atom is -0.489 e. The molecule has 0 saturated carbocycles. The van der Waals surface area contributed by atoms with E-state index in [1.807, 2.05) is 31.2 Å². The third-order valence-electron chi connectivity index (χ3n) is 3.81. The molecule has 0 aromatic heterocycles. The normalized spacial score (nSPS) is 16.7. The maximum Gasteiger partial charge on any atom is 0.317 e. The Morgan fingerprint density at radius 3 is 2.74 bits per heavy atom. The number of hydrogen-bond acceptors (Lipinski definition) is 3. The summed E-state index contributed by atoms with van der Waals surface area (Å²) < 4.78 is 6.68. The first-order chi connectivity index (χ1) is 11.0. The van der Waals surface area contributed by atoms with Crippen LogP contribution in [-0.4, -0.2) is 47.7 Å². The molecular formula is C16H21BrN2O4. The van der Waals surface area contributed by atoms with Gasteiger partial charge in [-0.1, -0.05) is 22.0 Å². The smallest absolute Gasteiger partial charge is 0.317 e. The highest BCUT2D eigenvalue weighted by atomic mass is 79.9. The van der Waals surface area contributed by atoms with Gasteiger partial charge in [0.05, 0.1) is 12.5 Å². The van der Waals surface area contributed by atoms with Crippen LogP contribution in [0.3, 0.4) is 0 Å². The first-order valence-corrected chi connectivity index (χ1v) is 8.43. The topological polar surface area (TPSA) is 78.9 Å². The number of carboxylic acid groups (broad SMARTS) is 1. The molecule has 0 spiro atoms. The number of amides is 2. The Balaban J connectivity index is 1.73. The number of carbonyl (C=O) groups is 2. The monoisotopic (exact) mass is 384 g/mol. The molecule has 1 unspecified atom stereocenters. The molecule has 1 aliphatic heterocycles. The van der Waals surface area contributed by atoms with Crippen LogP contribution in [0.15, 0.2) is 28.7 Å². The van der Waals surface area contributed by atoms with Crippen molar-refractivity contribution in [1.82, 2.24) is 10.2 Å². The number of urea groups is 1. The highest BCUT2D eigenvalue weighted by Crippen LogP contribution is 2.19. The van der Waals surface area contributed by atoms with Crippen LogP contribution in [0.5, 0.6) is 5.75 Å². The average Bonchev–Trinajstić information content (AvgIpc) is 2.52. The van der Waals surface area contributed by atoms with Crippen LogP contribution >= 0.6 is 15.9 Å². The average molecular weight is 385 g/mol. The molecule has 1 atom stereocenters. The molecule has 7 heteroatoms. The van der Waals surface area contributed by atoms with Crippen molar-refractivity contribution < 1.29 is 19.4 Å². The SMILES string of the molecule is CC(CNC(=O)N1CCC(C(=O)O)CC1)Oc1cccc(Br)c1. The second-order valence-electron chi connectivity index (χ2n) is 5.67. The Labute approximate surface area is 143 Å². The van der Waals surface area contributed by atoms with E-state index < -0.39 is 5.97 Å². The molecule has 1 aromatic carbocycles.